The first-order valence-electron chi connectivity index (χ1n) is 9.97. The second kappa shape index (κ2) is 6.33. The fraction of sp³-hybridized carbons (Fsp3) is 0.476. The summed E-state index contributed by atoms with van der Waals surface area (Å²) >= 11 is 1.87. The molecule has 2 saturated heterocycles. The minimum absolute atomic E-state index is 0.643. The molecule has 3 aliphatic rings. The fourth-order valence-electron chi connectivity index (χ4n) is 5.01. The van der Waals surface area contributed by atoms with Crippen LogP contribution >= 0.6 is 11.3 Å². The first-order chi connectivity index (χ1) is 13.3. The lowest BCUT2D eigenvalue weighted by Gasteiger charge is -2.40. The van der Waals surface area contributed by atoms with Gasteiger partial charge in [0.1, 0.15) is 6.33 Å². The lowest BCUT2D eigenvalue weighted by Crippen LogP contribution is -2.44. The van der Waals surface area contributed by atoms with Crippen molar-refractivity contribution in [1.29, 1.82) is 0 Å². The molecular weight excluding hydrogens is 354 g/mol. The number of nitrogens with one attached hydrogen (secondary N) is 1. The topological polar surface area (TPSA) is 53.9 Å². The van der Waals surface area contributed by atoms with Crippen molar-refractivity contribution in [2.75, 3.05) is 19.6 Å². The van der Waals surface area contributed by atoms with Crippen LogP contribution in [0.1, 0.15) is 30.2 Å². The van der Waals surface area contributed by atoms with Gasteiger partial charge in [0.05, 0.1) is 15.2 Å². The highest BCUT2D eigenvalue weighted by atomic mass is 32.1. The van der Waals surface area contributed by atoms with Gasteiger partial charge in [-0.1, -0.05) is 6.07 Å². The summed E-state index contributed by atoms with van der Waals surface area (Å²) < 4.78 is 1.27. The first kappa shape index (κ1) is 16.1. The molecule has 2 unspecified atom stereocenters. The molecule has 2 atom stereocenters. The molecule has 0 radical (unpaired) electrons. The van der Waals surface area contributed by atoms with Crippen molar-refractivity contribution >= 4 is 21.6 Å². The second-order valence-corrected chi connectivity index (χ2v) is 9.31. The van der Waals surface area contributed by atoms with Crippen LogP contribution in [0.5, 0.6) is 0 Å². The van der Waals surface area contributed by atoms with Gasteiger partial charge in [0.25, 0.3) is 0 Å². The lowest BCUT2D eigenvalue weighted by atomic mass is 9.80. The molecule has 6 rings (SSSR count). The molecule has 1 aliphatic carbocycles. The number of thiazole rings is 1. The van der Waals surface area contributed by atoms with Crippen molar-refractivity contribution in [2.24, 2.45) is 5.92 Å². The monoisotopic (exact) mass is 377 g/mol. The van der Waals surface area contributed by atoms with Crippen molar-refractivity contribution in [3.8, 4) is 11.1 Å². The molecule has 0 amide bonds. The van der Waals surface area contributed by atoms with Crippen molar-refractivity contribution in [3.05, 3.63) is 41.9 Å². The normalized spacial score (nSPS) is 30.5. The van der Waals surface area contributed by atoms with E-state index in [2.05, 4.69) is 38.4 Å². The van der Waals surface area contributed by atoms with Gasteiger partial charge < -0.3 is 5.32 Å². The van der Waals surface area contributed by atoms with Crippen LogP contribution in [0.25, 0.3) is 21.3 Å². The number of likely N-dealkylation sites (tertiary alicyclic amines) is 1. The first-order valence-corrected chi connectivity index (χ1v) is 10.8. The van der Waals surface area contributed by atoms with Gasteiger partial charge in [-0.25, -0.2) is 15.0 Å². The summed E-state index contributed by atoms with van der Waals surface area (Å²) in [6, 6.07) is 8.03. The molecule has 3 fully saturated rings. The van der Waals surface area contributed by atoms with E-state index >= 15 is 0 Å². The van der Waals surface area contributed by atoms with Crippen LogP contribution in [-0.2, 0) is 0 Å². The zero-order valence-electron chi connectivity index (χ0n) is 15.2. The number of aromatic nitrogens is 3. The highest BCUT2D eigenvalue weighted by molar-refractivity contribution is 7.18. The molecule has 1 aromatic carbocycles. The molecule has 27 heavy (non-hydrogen) atoms. The second-order valence-electron chi connectivity index (χ2n) is 8.25. The average Bonchev–Trinajstić information content (AvgIpc) is 3.35. The molecule has 0 spiro atoms. The van der Waals surface area contributed by atoms with Crippen LogP contribution in [0.4, 0.5) is 0 Å². The van der Waals surface area contributed by atoms with E-state index in [1.165, 1.54) is 54.2 Å². The Morgan fingerprint density at radius 1 is 1.07 bits per heavy atom. The number of benzene rings is 1. The highest BCUT2D eigenvalue weighted by Crippen LogP contribution is 2.44. The van der Waals surface area contributed by atoms with Gasteiger partial charge in [-0.2, -0.15) is 0 Å². The van der Waals surface area contributed by atoms with E-state index in [9.17, 15) is 0 Å². The summed E-state index contributed by atoms with van der Waals surface area (Å²) in [7, 11) is 0. The van der Waals surface area contributed by atoms with E-state index in [-0.39, 0.29) is 0 Å². The van der Waals surface area contributed by atoms with Gasteiger partial charge in [-0.15, -0.1) is 11.3 Å². The van der Waals surface area contributed by atoms with Gasteiger partial charge in [-0.05, 0) is 49.4 Å². The summed E-state index contributed by atoms with van der Waals surface area (Å²) in [6.07, 6.45) is 9.23. The molecule has 1 saturated carbocycles. The maximum atomic E-state index is 4.94. The van der Waals surface area contributed by atoms with E-state index in [0.29, 0.717) is 5.92 Å². The number of fused-ring (bicyclic) bond motifs is 2. The molecule has 6 heteroatoms. The number of hydrogen-bond donors (Lipinski definition) is 1. The van der Waals surface area contributed by atoms with Crippen LogP contribution in [0, 0.1) is 5.92 Å². The zero-order valence-corrected chi connectivity index (χ0v) is 16.0. The van der Waals surface area contributed by atoms with E-state index in [1.54, 1.807) is 6.33 Å². The highest BCUT2D eigenvalue weighted by Gasteiger charge is 2.43. The summed E-state index contributed by atoms with van der Waals surface area (Å²) in [6.45, 7) is 3.78. The van der Waals surface area contributed by atoms with Crippen LogP contribution < -0.4 is 5.32 Å². The van der Waals surface area contributed by atoms with Crippen LogP contribution in [0.2, 0.25) is 0 Å². The Labute approximate surface area is 162 Å². The van der Waals surface area contributed by atoms with E-state index < -0.39 is 0 Å². The van der Waals surface area contributed by atoms with Gasteiger partial charge in [0.2, 0.25) is 0 Å². The quantitative estimate of drug-likeness (QED) is 0.759. The third-order valence-corrected chi connectivity index (χ3v) is 7.85. The van der Waals surface area contributed by atoms with Crippen molar-refractivity contribution in [3.63, 3.8) is 0 Å². The Morgan fingerprint density at radius 2 is 1.96 bits per heavy atom. The third-order valence-electron chi connectivity index (χ3n) is 6.67. The van der Waals surface area contributed by atoms with Gasteiger partial charge in [0.15, 0.2) is 0 Å². The van der Waals surface area contributed by atoms with E-state index in [0.717, 1.165) is 29.1 Å². The molecule has 0 bridgehead atoms. The average molecular weight is 378 g/mol. The van der Waals surface area contributed by atoms with Crippen molar-refractivity contribution in [2.45, 2.75) is 37.3 Å². The molecule has 138 valence electrons. The molecule has 2 aliphatic heterocycles. The molecule has 2 aromatic heterocycles. The molecule has 5 nitrogen and oxygen atoms in total. The van der Waals surface area contributed by atoms with E-state index in [4.69, 9.17) is 4.98 Å². The maximum absolute atomic E-state index is 4.94. The van der Waals surface area contributed by atoms with Gasteiger partial charge in [0, 0.05) is 49.0 Å². The maximum Gasteiger partial charge on any atom is 0.115 e. The fourth-order valence-corrected chi connectivity index (χ4v) is 6.15. The third kappa shape index (κ3) is 2.78. The van der Waals surface area contributed by atoms with E-state index in [1.807, 2.05) is 23.7 Å². The minimum atomic E-state index is 0.643. The predicted molar refractivity (Wildman–Crippen MR) is 108 cm³/mol. The Bertz CT molecular complexity index is 953. The molecule has 3 aromatic rings. The summed E-state index contributed by atoms with van der Waals surface area (Å²) in [5.74, 6) is 1.54. The largest absolute Gasteiger partial charge is 0.312 e. The Kier molecular flexibility index (Phi) is 3.77. The minimum Gasteiger partial charge on any atom is -0.312 e. The number of nitrogens with zero attached hydrogens (tertiary/aromatic N) is 4. The van der Waals surface area contributed by atoms with Gasteiger partial charge in [-0.3, -0.25) is 4.90 Å². The standard InChI is InChI=1S/C21H23N5S/c1-2-18-20(7-13(1)16-8-22-12-23-9-16)27-21(25-18)15-5-17(6-15)26-10-14-3-4-24-19(14)11-26/h1-2,7-9,12,14-15,17,19,24H,3-6,10-11H2. The van der Waals surface area contributed by atoms with Crippen LogP contribution in [0.15, 0.2) is 36.9 Å². The summed E-state index contributed by atoms with van der Waals surface area (Å²) in [4.78, 5) is 15.9. The van der Waals surface area contributed by atoms with Crippen LogP contribution in [-0.4, -0.2) is 51.6 Å². The number of hydrogen-bond acceptors (Lipinski definition) is 6. The zero-order chi connectivity index (χ0) is 17.8. The summed E-state index contributed by atoms with van der Waals surface area (Å²) in [5, 5.41) is 4.99. The van der Waals surface area contributed by atoms with Crippen LogP contribution in [0.3, 0.4) is 0 Å². The Balaban J connectivity index is 1.17. The SMILES string of the molecule is c1ncc(-c2ccc3nc(C4CC(N5CC6CCNC6C5)C4)sc3c2)cn1. The molecular formula is C21H23N5S. The Hall–Kier alpha value is -1.89. The lowest BCUT2D eigenvalue weighted by molar-refractivity contribution is 0.128. The van der Waals surface area contributed by atoms with Crippen molar-refractivity contribution in [1.82, 2.24) is 25.2 Å². The molecule has 1 N–H and O–H groups in total. The summed E-state index contributed by atoms with van der Waals surface area (Å²) in [5.41, 5.74) is 3.35. The Morgan fingerprint density at radius 3 is 2.81 bits per heavy atom. The molecule has 4 heterocycles. The smallest absolute Gasteiger partial charge is 0.115 e. The predicted octanol–water partition coefficient (Wildman–Crippen LogP) is 3.29. The van der Waals surface area contributed by atoms with Gasteiger partial charge >= 0.3 is 0 Å². The number of rotatable bonds is 3. The van der Waals surface area contributed by atoms with Crippen molar-refractivity contribution < 1.29 is 0 Å².